The minimum absolute atomic E-state index is 0.307. The van der Waals surface area contributed by atoms with Gasteiger partial charge in [0.2, 0.25) is 6.41 Å². The number of ether oxygens (including phenoxy) is 2. The van der Waals surface area contributed by atoms with Crippen molar-refractivity contribution in [2.45, 2.75) is 6.04 Å². The number of carboxylic acids is 1. The fourth-order valence-corrected chi connectivity index (χ4v) is 1.71. The Balaban J connectivity index is 3.36. The van der Waals surface area contributed by atoms with E-state index in [0.717, 1.165) is 4.90 Å². The number of aliphatic carboxylic acids is 1. The maximum absolute atomic E-state index is 11.3. The molecule has 1 aromatic carbocycles. The summed E-state index contributed by atoms with van der Waals surface area (Å²) < 4.78 is 10.3. The van der Waals surface area contributed by atoms with E-state index in [9.17, 15) is 14.7 Å². The number of rotatable bonds is 6. The number of carbonyl (C=O) groups is 2. The van der Waals surface area contributed by atoms with Crippen LogP contribution in [0.3, 0.4) is 0 Å². The highest BCUT2D eigenvalue weighted by Gasteiger charge is 2.28. The predicted octanol–water partition coefficient (Wildman–Crippen LogP) is 0.918. The van der Waals surface area contributed by atoms with Gasteiger partial charge >= 0.3 is 5.97 Å². The van der Waals surface area contributed by atoms with Crippen LogP contribution < -0.4 is 9.47 Å². The second-order valence-electron chi connectivity index (χ2n) is 3.59. The number of likely N-dealkylation sites (N-methyl/N-ethyl adjacent to an activating group) is 1. The van der Waals surface area contributed by atoms with Crippen LogP contribution >= 0.6 is 0 Å². The molecule has 0 fully saturated rings. The monoisotopic (exact) mass is 253 g/mol. The van der Waals surface area contributed by atoms with Gasteiger partial charge in [0.1, 0.15) is 0 Å². The van der Waals surface area contributed by atoms with Crippen molar-refractivity contribution in [1.29, 1.82) is 0 Å². The molecule has 18 heavy (non-hydrogen) atoms. The molecular weight excluding hydrogens is 238 g/mol. The predicted molar refractivity (Wildman–Crippen MR) is 63.7 cm³/mol. The molecule has 0 heterocycles. The highest BCUT2D eigenvalue weighted by atomic mass is 16.5. The number of methoxy groups -OCH3 is 2. The number of hydrogen-bond acceptors (Lipinski definition) is 4. The van der Waals surface area contributed by atoms with Crippen molar-refractivity contribution >= 4 is 12.4 Å². The molecule has 0 saturated heterocycles. The van der Waals surface area contributed by atoms with Gasteiger partial charge in [0.25, 0.3) is 0 Å². The van der Waals surface area contributed by atoms with Crippen molar-refractivity contribution in [3.63, 3.8) is 0 Å². The third kappa shape index (κ3) is 2.53. The van der Waals surface area contributed by atoms with Crippen molar-refractivity contribution in [2.24, 2.45) is 0 Å². The van der Waals surface area contributed by atoms with Gasteiger partial charge in [0, 0.05) is 12.6 Å². The number of para-hydroxylation sites is 1. The lowest BCUT2D eigenvalue weighted by molar-refractivity contribution is -0.145. The van der Waals surface area contributed by atoms with Gasteiger partial charge < -0.3 is 19.5 Å². The van der Waals surface area contributed by atoms with Crippen LogP contribution in [0.1, 0.15) is 11.6 Å². The van der Waals surface area contributed by atoms with Crippen molar-refractivity contribution in [1.82, 2.24) is 4.90 Å². The summed E-state index contributed by atoms with van der Waals surface area (Å²) >= 11 is 0. The molecule has 6 nitrogen and oxygen atoms in total. The molecule has 0 radical (unpaired) electrons. The molecule has 98 valence electrons. The molecule has 0 aliphatic carbocycles. The van der Waals surface area contributed by atoms with Crippen molar-refractivity contribution in [3.8, 4) is 11.5 Å². The quantitative estimate of drug-likeness (QED) is 0.763. The number of benzene rings is 1. The topological polar surface area (TPSA) is 76.1 Å². The van der Waals surface area contributed by atoms with E-state index in [1.807, 2.05) is 0 Å². The zero-order valence-corrected chi connectivity index (χ0v) is 10.4. The molecule has 0 aliphatic rings. The second kappa shape index (κ2) is 5.90. The fraction of sp³-hybridized carbons (Fsp3) is 0.333. The van der Waals surface area contributed by atoms with Crippen LogP contribution in [0.5, 0.6) is 11.5 Å². The Morgan fingerprint density at radius 3 is 2.50 bits per heavy atom. The van der Waals surface area contributed by atoms with Gasteiger partial charge in [-0.25, -0.2) is 4.79 Å². The summed E-state index contributed by atoms with van der Waals surface area (Å²) in [5.74, 6) is -0.419. The van der Waals surface area contributed by atoms with Crippen LogP contribution in [-0.2, 0) is 9.59 Å². The van der Waals surface area contributed by atoms with Gasteiger partial charge in [-0.2, -0.15) is 0 Å². The van der Waals surface area contributed by atoms with Crippen LogP contribution in [0, 0.1) is 0 Å². The maximum Gasteiger partial charge on any atom is 0.331 e. The summed E-state index contributed by atoms with van der Waals surface area (Å²) in [6.45, 7) is 0. The van der Waals surface area contributed by atoms with Crippen molar-refractivity contribution in [2.75, 3.05) is 21.3 Å². The summed E-state index contributed by atoms with van der Waals surface area (Å²) in [4.78, 5) is 23.1. The van der Waals surface area contributed by atoms with E-state index in [1.54, 1.807) is 18.2 Å². The van der Waals surface area contributed by atoms with E-state index in [0.29, 0.717) is 23.5 Å². The molecule has 0 bridgehead atoms. The van der Waals surface area contributed by atoms with Gasteiger partial charge in [-0.15, -0.1) is 0 Å². The van der Waals surface area contributed by atoms with Crippen LogP contribution in [-0.4, -0.2) is 43.7 Å². The van der Waals surface area contributed by atoms with Gasteiger partial charge in [-0.1, -0.05) is 12.1 Å². The first-order valence-electron chi connectivity index (χ1n) is 5.17. The molecule has 1 amide bonds. The van der Waals surface area contributed by atoms with E-state index in [1.165, 1.54) is 21.3 Å². The highest BCUT2D eigenvalue weighted by Crippen LogP contribution is 2.36. The van der Waals surface area contributed by atoms with Gasteiger partial charge in [0.15, 0.2) is 17.5 Å². The van der Waals surface area contributed by atoms with Gasteiger partial charge in [-0.05, 0) is 6.07 Å². The van der Waals surface area contributed by atoms with E-state index < -0.39 is 12.0 Å². The lowest BCUT2D eigenvalue weighted by atomic mass is 10.0. The number of amides is 1. The lowest BCUT2D eigenvalue weighted by Gasteiger charge is -2.23. The standard InChI is InChI=1S/C12H15NO5/c1-13(7-14)10(12(15)16)8-5-4-6-9(17-2)11(8)18-3/h4-7,10H,1-3H3,(H,15,16). The Morgan fingerprint density at radius 1 is 1.39 bits per heavy atom. The summed E-state index contributed by atoms with van der Waals surface area (Å²) in [6.07, 6.45) is 0.456. The minimum Gasteiger partial charge on any atom is -0.493 e. The van der Waals surface area contributed by atoms with Crippen LogP contribution in [0.15, 0.2) is 18.2 Å². The average molecular weight is 253 g/mol. The van der Waals surface area contributed by atoms with Gasteiger partial charge in [-0.3, -0.25) is 4.79 Å². The minimum atomic E-state index is -1.14. The van der Waals surface area contributed by atoms with E-state index in [-0.39, 0.29) is 0 Å². The largest absolute Gasteiger partial charge is 0.493 e. The van der Waals surface area contributed by atoms with Crippen LogP contribution in [0.2, 0.25) is 0 Å². The molecule has 0 saturated carbocycles. The maximum atomic E-state index is 11.3. The molecule has 1 unspecified atom stereocenters. The summed E-state index contributed by atoms with van der Waals surface area (Å²) in [7, 11) is 4.27. The Bertz CT molecular complexity index is 446. The smallest absolute Gasteiger partial charge is 0.331 e. The summed E-state index contributed by atoms with van der Waals surface area (Å²) in [5, 5.41) is 9.21. The molecule has 0 aliphatic heterocycles. The van der Waals surface area contributed by atoms with E-state index in [2.05, 4.69) is 0 Å². The average Bonchev–Trinajstić information content (AvgIpc) is 2.37. The number of carboxylic acid groups (broad SMARTS) is 1. The number of nitrogens with zero attached hydrogens (tertiary/aromatic N) is 1. The molecule has 6 heteroatoms. The molecule has 0 aromatic heterocycles. The zero-order chi connectivity index (χ0) is 13.7. The van der Waals surface area contributed by atoms with Crippen LogP contribution in [0.4, 0.5) is 0 Å². The third-order valence-electron chi connectivity index (χ3n) is 2.54. The van der Waals surface area contributed by atoms with Gasteiger partial charge in [0.05, 0.1) is 14.2 Å². The molecule has 1 aromatic rings. The fourth-order valence-electron chi connectivity index (χ4n) is 1.71. The Kier molecular flexibility index (Phi) is 4.53. The van der Waals surface area contributed by atoms with E-state index in [4.69, 9.17) is 9.47 Å². The first kappa shape index (κ1) is 13.8. The van der Waals surface area contributed by atoms with E-state index >= 15 is 0 Å². The van der Waals surface area contributed by atoms with Crippen LogP contribution in [0.25, 0.3) is 0 Å². The summed E-state index contributed by atoms with van der Waals surface area (Å²) in [5.41, 5.74) is 0.360. The first-order valence-corrected chi connectivity index (χ1v) is 5.17. The van der Waals surface area contributed by atoms with Crippen molar-refractivity contribution < 1.29 is 24.2 Å². The Labute approximate surface area is 105 Å². The molecule has 0 spiro atoms. The molecular formula is C12H15NO5. The third-order valence-corrected chi connectivity index (χ3v) is 2.54. The molecule has 1 N–H and O–H groups in total. The molecule has 1 atom stereocenters. The lowest BCUT2D eigenvalue weighted by Crippen LogP contribution is -2.30. The Hall–Kier alpha value is -2.24. The highest BCUT2D eigenvalue weighted by molar-refractivity contribution is 5.79. The number of carbonyl (C=O) groups excluding carboxylic acids is 1. The molecule has 1 rings (SSSR count). The van der Waals surface area contributed by atoms with Crippen molar-refractivity contribution in [3.05, 3.63) is 23.8 Å². The second-order valence-corrected chi connectivity index (χ2v) is 3.59. The number of hydrogen-bond donors (Lipinski definition) is 1. The zero-order valence-electron chi connectivity index (χ0n) is 10.4. The first-order chi connectivity index (χ1) is 8.56. The normalized spacial score (nSPS) is 11.5. The SMILES string of the molecule is COc1cccc(C(C(=O)O)N(C)C=O)c1OC. The Morgan fingerprint density at radius 2 is 2.06 bits per heavy atom. The summed E-state index contributed by atoms with van der Waals surface area (Å²) in [6, 6.07) is 3.76.